The van der Waals surface area contributed by atoms with Crippen molar-refractivity contribution in [1.29, 1.82) is 0 Å². The minimum absolute atomic E-state index is 0. The molecule has 2 aromatic rings. The van der Waals surface area contributed by atoms with E-state index >= 15 is 0 Å². The zero-order chi connectivity index (χ0) is 18.2. The number of guanidine groups is 1. The Kier molecular flexibility index (Phi) is 9.85. The molecule has 0 amide bonds. The molecule has 0 saturated carbocycles. The van der Waals surface area contributed by atoms with E-state index < -0.39 is 0 Å². The summed E-state index contributed by atoms with van der Waals surface area (Å²) in [6.07, 6.45) is 0.876. The average molecular weight is 491 g/mol. The van der Waals surface area contributed by atoms with Crippen LogP contribution in [0.5, 0.6) is 0 Å². The first-order valence-electron chi connectivity index (χ1n) is 8.34. The highest BCUT2D eigenvalue weighted by molar-refractivity contribution is 14.0. The van der Waals surface area contributed by atoms with Crippen LogP contribution < -0.4 is 15.5 Å². The molecule has 0 fully saturated rings. The van der Waals surface area contributed by atoms with Gasteiger partial charge in [0.25, 0.3) is 0 Å². The second-order valence-corrected chi connectivity index (χ2v) is 7.12. The van der Waals surface area contributed by atoms with Gasteiger partial charge in [-0.2, -0.15) is 0 Å². The molecule has 2 rings (SSSR count). The summed E-state index contributed by atoms with van der Waals surface area (Å²) in [5.41, 5.74) is 1.71. The summed E-state index contributed by atoms with van der Waals surface area (Å²) in [5.74, 6) is 0.559. The second kappa shape index (κ2) is 11.3. The van der Waals surface area contributed by atoms with Crippen LogP contribution in [0.25, 0.3) is 0 Å². The molecule has 0 radical (unpaired) electrons. The summed E-state index contributed by atoms with van der Waals surface area (Å²) < 4.78 is 13.7. The number of hydrogen-bond acceptors (Lipinski definition) is 4. The number of hydrogen-bond donors (Lipinski definition) is 2. The molecule has 0 aliphatic rings. The third kappa shape index (κ3) is 6.71. The largest absolute Gasteiger partial charge is 0.372 e. The number of thiazole rings is 1. The maximum atomic E-state index is 13.7. The van der Waals surface area contributed by atoms with E-state index in [4.69, 9.17) is 0 Å². The SMILES string of the molecule is CN=C(NCCCN(C)c1ccccc1F)NCc1nc(C)c(C)s1.I. The average Bonchev–Trinajstić information content (AvgIpc) is 2.92. The van der Waals surface area contributed by atoms with Gasteiger partial charge in [-0.05, 0) is 32.4 Å². The number of rotatable bonds is 7. The van der Waals surface area contributed by atoms with Gasteiger partial charge in [0.2, 0.25) is 0 Å². The normalized spacial score (nSPS) is 11.0. The molecule has 0 saturated heterocycles. The van der Waals surface area contributed by atoms with Crippen LogP contribution in [-0.4, -0.2) is 38.1 Å². The van der Waals surface area contributed by atoms with Gasteiger partial charge in [-0.25, -0.2) is 9.37 Å². The van der Waals surface area contributed by atoms with Gasteiger partial charge >= 0.3 is 0 Å². The van der Waals surface area contributed by atoms with Crippen molar-refractivity contribution in [2.45, 2.75) is 26.8 Å². The number of aryl methyl sites for hydroxylation is 2. The lowest BCUT2D eigenvalue weighted by Crippen LogP contribution is -2.38. The highest BCUT2D eigenvalue weighted by Crippen LogP contribution is 2.17. The fourth-order valence-corrected chi connectivity index (χ4v) is 3.27. The molecule has 26 heavy (non-hydrogen) atoms. The molecule has 1 heterocycles. The fourth-order valence-electron chi connectivity index (χ4n) is 2.40. The van der Waals surface area contributed by atoms with Gasteiger partial charge in [0.05, 0.1) is 17.9 Å². The Morgan fingerprint density at radius 3 is 2.62 bits per heavy atom. The van der Waals surface area contributed by atoms with Gasteiger partial charge in [0, 0.05) is 32.1 Å². The van der Waals surface area contributed by atoms with Crippen LogP contribution >= 0.6 is 35.3 Å². The summed E-state index contributed by atoms with van der Waals surface area (Å²) in [4.78, 5) is 11.9. The Labute approximate surface area is 176 Å². The van der Waals surface area contributed by atoms with Crippen LogP contribution in [-0.2, 0) is 6.54 Å². The molecular weight excluding hydrogens is 464 g/mol. The first-order valence-corrected chi connectivity index (χ1v) is 9.16. The van der Waals surface area contributed by atoms with E-state index in [9.17, 15) is 4.39 Å². The maximum Gasteiger partial charge on any atom is 0.191 e. The molecule has 5 nitrogen and oxygen atoms in total. The lowest BCUT2D eigenvalue weighted by molar-refractivity contribution is 0.619. The summed E-state index contributed by atoms with van der Waals surface area (Å²) in [6, 6.07) is 6.83. The van der Waals surface area contributed by atoms with Crippen molar-refractivity contribution in [3.63, 3.8) is 0 Å². The molecule has 1 aromatic carbocycles. The number of nitrogens with one attached hydrogen (secondary N) is 2. The van der Waals surface area contributed by atoms with Crippen LogP contribution in [0.1, 0.15) is 22.0 Å². The van der Waals surface area contributed by atoms with Crippen LogP contribution in [0.4, 0.5) is 10.1 Å². The summed E-state index contributed by atoms with van der Waals surface area (Å²) in [7, 11) is 3.65. The highest BCUT2D eigenvalue weighted by atomic mass is 127. The topological polar surface area (TPSA) is 52.6 Å². The first kappa shape index (κ1) is 22.6. The molecule has 1 aromatic heterocycles. The molecule has 0 unspecified atom stereocenters. The van der Waals surface area contributed by atoms with Gasteiger partial charge in [-0.15, -0.1) is 35.3 Å². The van der Waals surface area contributed by atoms with Crippen molar-refractivity contribution in [3.05, 3.63) is 45.7 Å². The Morgan fingerprint density at radius 1 is 1.27 bits per heavy atom. The third-order valence-electron chi connectivity index (χ3n) is 3.93. The van der Waals surface area contributed by atoms with Crippen molar-refractivity contribution >= 4 is 47.0 Å². The smallest absolute Gasteiger partial charge is 0.191 e. The summed E-state index contributed by atoms with van der Waals surface area (Å²) in [5, 5.41) is 7.60. The van der Waals surface area contributed by atoms with E-state index in [-0.39, 0.29) is 29.8 Å². The van der Waals surface area contributed by atoms with Crippen molar-refractivity contribution in [2.75, 3.05) is 32.1 Å². The van der Waals surface area contributed by atoms with E-state index in [2.05, 4.69) is 27.5 Å². The number of anilines is 1. The zero-order valence-electron chi connectivity index (χ0n) is 15.7. The molecule has 0 bridgehead atoms. The standard InChI is InChI=1S/C18H26FN5S.HI/c1-13-14(2)25-17(23-13)12-22-18(20-3)21-10-7-11-24(4)16-9-6-5-8-15(16)19;/h5-6,8-9H,7,10-12H2,1-4H3,(H2,20,21,22);1H. The van der Waals surface area contributed by atoms with E-state index in [1.54, 1.807) is 30.5 Å². The first-order chi connectivity index (χ1) is 12.0. The van der Waals surface area contributed by atoms with Gasteiger partial charge in [0.15, 0.2) is 5.96 Å². The quantitative estimate of drug-likeness (QED) is 0.269. The monoisotopic (exact) mass is 491 g/mol. The van der Waals surface area contributed by atoms with Gasteiger partial charge in [0.1, 0.15) is 10.8 Å². The van der Waals surface area contributed by atoms with E-state index in [1.807, 2.05) is 24.9 Å². The summed E-state index contributed by atoms with van der Waals surface area (Å²) >= 11 is 1.70. The Balaban J connectivity index is 0.00000338. The molecule has 0 aliphatic heterocycles. The van der Waals surface area contributed by atoms with E-state index in [0.717, 1.165) is 36.2 Å². The van der Waals surface area contributed by atoms with Gasteiger partial charge < -0.3 is 15.5 Å². The number of halogens is 2. The fraction of sp³-hybridized carbons (Fsp3) is 0.444. The number of para-hydroxylation sites is 1. The maximum absolute atomic E-state index is 13.7. The molecular formula is C18H27FIN5S. The van der Waals surface area contributed by atoms with Crippen molar-refractivity contribution < 1.29 is 4.39 Å². The van der Waals surface area contributed by atoms with Crippen molar-refractivity contribution in [1.82, 2.24) is 15.6 Å². The molecule has 0 atom stereocenters. The van der Waals surface area contributed by atoms with Gasteiger partial charge in [-0.1, -0.05) is 12.1 Å². The number of benzene rings is 1. The minimum atomic E-state index is -0.190. The molecule has 8 heteroatoms. The van der Waals surface area contributed by atoms with Crippen molar-refractivity contribution in [2.24, 2.45) is 4.99 Å². The molecule has 0 aliphatic carbocycles. The lowest BCUT2D eigenvalue weighted by atomic mass is 10.2. The zero-order valence-corrected chi connectivity index (χ0v) is 18.8. The Hall–Kier alpha value is -1.42. The number of aliphatic imine (C=N–C) groups is 1. The number of aromatic nitrogens is 1. The van der Waals surface area contributed by atoms with Gasteiger partial charge in [-0.3, -0.25) is 4.99 Å². The van der Waals surface area contributed by atoms with E-state index in [0.29, 0.717) is 12.2 Å². The van der Waals surface area contributed by atoms with Crippen LogP contribution in [0.3, 0.4) is 0 Å². The van der Waals surface area contributed by atoms with Crippen LogP contribution in [0.2, 0.25) is 0 Å². The van der Waals surface area contributed by atoms with E-state index in [1.165, 1.54) is 10.9 Å². The number of nitrogens with zero attached hydrogens (tertiary/aromatic N) is 3. The molecule has 144 valence electrons. The Bertz CT molecular complexity index is 700. The highest BCUT2D eigenvalue weighted by Gasteiger charge is 2.07. The summed E-state index contributed by atoms with van der Waals surface area (Å²) in [6.45, 7) is 6.28. The molecule has 2 N–H and O–H groups in total. The lowest BCUT2D eigenvalue weighted by Gasteiger charge is -2.20. The molecule has 0 spiro atoms. The Morgan fingerprint density at radius 2 is 2.00 bits per heavy atom. The van der Waals surface area contributed by atoms with Crippen molar-refractivity contribution in [3.8, 4) is 0 Å². The van der Waals surface area contributed by atoms with Crippen LogP contribution in [0.15, 0.2) is 29.3 Å². The van der Waals surface area contributed by atoms with Crippen LogP contribution in [0, 0.1) is 19.7 Å². The predicted molar refractivity (Wildman–Crippen MR) is 119 cm³/mol. The second-order valence-electron chi connectivity index (χ2n) is 5.83. The third-order valence-corrected chi connectivity index (χ3v) is 5.00. The predicted octanol–water partition coefficient (Wildman–Crippen LogP) is 3.71. The minimum Gasteiger partial charge on any atom is -0.372 e.